The van der Waals surface area contributed by atoms with Crippen LogP contribution in [0.3, 0.4) is 0 Å². The number of hydrogen-bond donors (Lipinski definition) is 0. The lowest BCUT2D eigenvalue weighted by Gasteiger charge is -2.29. The highest BCUT2D eigenvalue weighted by atomic mass is 15.4. The Morgan fingerprint density at radius 3 is 2.13 bits per heavy atom. The number of nitrogens with zero attached hydrogens (tertiary/aromatic N) is 2. The van der Waals surface area contributed by atoms with E-state index in [2.05, 4.69) is 44.5 Å². The second-order valence-electron chi connectivity index (χ2n) is 4.39. The lowest BCUT2D eigenvalue weighted by atomic mass is 10.2. The van der Waals surface area contributed by atoms with Crippen molar-refractivity contribution >= 4 is 0 Å². The van der Waals surface area contributed by atoms with Crippen molar-refractivity contribution in [3.63, 3.8) is 0 Å². The summed E-state index contributed by atoms with van der Waals surface area (Å²) < 4.78 is 0. The van der Waals surface area contributed by atoms with Crippen LogP contribution in [0.4, 0.5) is 0 Å². The maximum absolute atomic E-state index is 2.59. The monoisotopic (exact) mass is 210 g/mol. The van der Waals surface area contributed by atoms with E-state index in [-0.39, 0.29) is 0 Å². The molecule has 2 nitrogen and oxygen atoms in total. The fraction of sp³-hybridized carbons (Fsp3) is 0.846. The molecule has 1 aliphatic heterocycles. The van der Waals surface area contributed by atoms with Crippen LogP contribution >= 0.6 is 0 Å². The highest BCUT2D eigenvalue weighted by Gasteiger charge is 2.29. The zero-order valence-corrected chi connectivity index (χ0v) is 11.0. The Morgan fingerprint density at radius 2 is 1.67 bits per heavy atom. The van der Waals surface area contributed by atoms with Gasteiger partial charge in [0.25, 0.3) is 0 Å². The maximum atomic E-state index is 2.59. The van der Waals surface area contributed by atoms with E-state index in [4.69, 9.17) is 0 Å². The molecular weight excluding hydrogens is 184 g/mol. The highest BCUT2D eigenvalue weighted by molar-refractivity contribution is 5.18. The lowest BCUT2D eigenvalue weighted by Crippen LogP contribution is -2.36. The van der Waals surface area contributed by atoms with Crippen LogP contribution in [0.1, 0.15) is 53.4 Å². The smallest absolute Gasteiger partial charge is 0.0979 e. The zero-order chi connectivity index (χ0) is 11.4. The van der Waals surface area contributed by atoms with E-state index in [0.29, 0.717) is 6.17 Å². The second kappa shape index (κ2) is 5.43. The summed E-state index contributed by atoms with van der Waals surface area (Å²) in [6, 6.07) is 0. The van der Waals surface area contributed by atoms with Gasteiger partial charge in [-0.3, -0.25) is 0 Å². The van der Waals surface area contributed by atoms with Crippen LogP contribution in [0.5, 0.6) is 0 Å². The van der Waals surface area contributed by atoms with E-state index in [9.17, 15) is 0 Å². The Bertz CT molecular complexity index is 233. The third kappa shape index (κ3) is 2.30. The first-order chi connectivity index (χ1) is 7.17. The standard InChI is InChI=1S/C13H26N2/c1-6-9-10-15-11(4)14(5)12(7-2)13(15)8-3/h11H,6-10H2,1-5H3. The summed E-state index contributed by atoms with van der Waals surface area (Å²) in [5, 5.41) is 0. The molecule has 0 bridgehead atoms. The zero-order valence-electron chi connectivity index (χ0n) is 11.0. The predicted octanol–water partition coefficient (Wildman–Crippen LogP) is 3.41. The van der Waals surface area contributed by atoms with E-state index < -0.39 is 0 Å². The average Bonchev–Trinajstić information content (AvgIpc) is 2.48. The van der Waals surface area contributed by atoms with Gasteiger partial charge >= 0.3 is 0 Å². The summed E-state index contributed by atoms with van der Waals surface area (Å²) in [6.45, 7) is 10.3. The van der Waals surface area contributed by atoms with Gasteiger partial charge in [0.2, 0.25) is 0 Å². The summed E-state index contributed by atoms with van der Waals surface area (Å²) >= 11 is 0. The van der Waals surface area contributed by atoms with Gasteiger partial charge in [-0.25, -0.2) is 0 Å². The van der Waals surface area contributed by atoms with Crippen LogP contribution in [0.2, 0.25) is 0 Å². The summed E-state index contributed by atoms with van der Waals surface area (Å²) in [5.74, 6) is 0. The van der Waals surface area contributed by atoms with Crippen molar-refractivity contribution in [2.75, 3.05) is 13.6 Å². The van der Waals surface area contributed by atoms with Crippen molar-refractivity contribution in [1.82, 2.24) is 9.80 Å². The van der Waals surface area contributed by atoms with Gasteiger partial charge in [-0.05, 0) is 26.2 Å². The molecular formula is C13H26N2. The third-order valence-corrected chi connectivity index (χ3v) is 3.54. The minimum Gasteiger partial charge on any atom is -0.356 e. The van der Waals surface area contributed by atoms with Gasteiger partial charge in [-0.15, -0.1) is 0 Å². The van der Waals surface area contributed by atoms with Crippen LogP contribution < -0.4 is 0 Å². The average molecular weight is 210 g/mol. The van der Waals surface area contributed by atoms with Crippen LogP contribution in [0, 0.1) is 0 Å². The molecule has 0 aromatic carbocycles. The van der Waals surface area contributed by atoms with Crippen molar-refractivity contribution in [2.24, 2.45) is 0 Å². The Hall–Kier alpha value is -0.660. The van der Waals surface area contributed by atoms with Crippen molar-refractivity contribution in [2.45, 2.75) is 59.5 Å². The summed E-state index contributed by atoms with van der Waals surface area (Å²) in [5.41, 5.74) is 3.11. The lowest BCUT2D eigenvalue weighted by molar-refractivity contribution is 0.173. The Morgan fingerprint density at radius 1 is 1.07 bits per heavy atom. The molecule has 1 aliphatic rings. The molecule has 15 heavy (non-hydrogen) atoms. The van der Waals surface area contributed by atoms with E-state index in [0.717, 1.165) is 6.42 Å². The molecule has 2 heteroatoms. The molecule has 0 amide bonds. The van der Waals surface area contributed by atoms with E-state index in [1.165, 1.54) is 25.8 Å². The maximum Gasteiger partial charge on any atom is 0.0979 e. The van der Waals surface area contributed by atoms with Crippen LogP contribution in [-0.4, -0.2) is 29.6 Å². The molecule has 0 aliphatic carbocycles. The highest BCUT2D eigenvalue weighted by Crippen LogP contribution is 2.31. The Labute approximate surface area is 94.9 Å². The molecule has 1 unspecified atom stereocenters. The van der Waals surface area contributed by atoms with Crippen molar-refractivity contribution in [1.29, 1.82) is 0 Å². The van der Waals surface area contributed by atoms with Gasteiger partial charge in [0, 0.05) is 25.0 Å². The topological polar surface area (TPSA) is 6.48 Å². The number of unbranched alkanes of at least 4 members (excludes halogenated alkanes) is 1. The van der Waals surface area contributed by atoms with E-state index in [1.807, 2.05) is 0 Å². The molecule has 0 saturated carbocycles. The SMILES string of the molecule is CCCCN1C(CC)=C(CC)N(C)C1C. The van der Waals surface area contributed by atoms with Crippen molar-refractivity contribution < 1.29 is 0 Å². The van der Waals surface area contributed by atoms with Crippen molar-refractivity contribution in [3.05, 3.63) is 11.4 Å². The van der Waals surface area contributed by atoms with Gasteiger partial charge in [0.1, 0.15) is 0 Å². The van der Waals surface area contributed by atoms with Gasteiger partial charge in [-0.2, -0.15) is 0 Å². The first-order valence-corrected chi connectivity index (χ1v) is 6.38. The quantitative estimate of drug-likeness (QED) is 0.686. The molecule has 1 heterocycles. The van der Waals surface area contributed by atoms with Crippen LogP contribution in [-0.2, 0) is 0 Å². The molecule has 0 spiro atoms. The van der Waals surface area contributed by atoms with Gasteiger partial charge in [-0.1, -0.05) is 27.2 Å². The Kier molecular flexibility index (Phi) is 4.49. The van der Waals surface area contributed by atoms with E-state index in [1.54, 1.807) is 11.4 Å². The summed E-state index contributed by atoms with van der Waals surface area (Å²) in [6.07, 6.45) is 5.47. The number of hydrogen-bond acceptors (Lipinski definition) is 2. The number of rotatable bonds is 5. The Balaban J connectivity index is 2.81. The van der Waals surface area contributed by atoms with Crippen molar-refractivity contribution in [3.8, 4) is 0 Å². The third-order valence-electron chi connectivity index (χ3n) is 3.54. The van der Waals surface area contributed by atoms with Crippen LogP contribution in [0.25, 0.3) is 0 Å². The molecule has 0 radical (unpaired) electrons. The van der Waals surface area contributed by atoms with Gasteiger partial charge in [0.05, 0.1) is 6.17 Å². The molecule has 0 N–H and O–H groups in total. The fourth-order valence-electron chi connectivity index (χ4n) is 2.54. The van der Waals surface area contributed by atoms with Crippen LogP contribution in [0.15, 0.2) is 11.4 Å². The molecule has 0 saturated heterocycles. The van der Waals surface area contributed by atoms with E-state index >= 15 is 0 Å². The minimum atomic E-state index is 0.557. The first-order valence-electron chi connectivity index (χ1n) is 6.38. The largest absolute Gasteiger partial charge is 0.356 e. The fourth-order valence-corrected chi connectivity index (χ4v) is 2.54. The second-order valence-corrected chi connectivity index (χ2v) is 4.39. The molecule has 0 fully saturated rings. The van der Waals surface area contributed by atoms with Gasteiger partial charge < -0.3 is 9.80 Å². The molecule has 88 valence electrons. The van der Waals surface area contributed by atoms with Gasteiger partial charge in [0.15, 0.2) is 0 Å². The predicted molar refractivity (Wildman–Crippen MR) is 66.4 cm³/mol. The summed E-state index contributed by atoms with van der Waals surface area (Å²) in [4.78, 5) is 5.02. The molecule has 1 rings (SSSR count). The normalized spacial score (nSPS) is 21.8. The molecule has 1 atom stereocenters. The molecule has 0 aromatic rings. The molecule has 0 aromatic heterocycles. The number of allylic oxidation sites excluding steroid dienone is 2. The first kappa shape index (κ1) is 12.4. The summed E-state index contributed by atoms with van der Waals surface area (Å²) in [7, 11) is 2.23. The minimum absolute atomic E-state index is 0.557.